The molecule has 1 atom stereocenters. The van der Waals surface area contributed by atoms with Crippen molar-refractivity contribution >= 4 is 40.6 Å². The van der Waals surface area contributed by atoms with Crippen LogP contribution < -0.4 is 5.32 Å². The predicted molar refractivity (Wildman–Crippen MR) is 122 cm³/mol. The molecule has 2 aromatic carbocycles. The van der Waals surface area contributed by atoms with E-state index in [1.165, 1.54) is 11.3 Å². The smallest absolute Gasteiger partial charge is 0.321 e. The quantitative estimate of drug-likeness (QED) is 0.519. The first-order valence-electron chi connectivity index (χ1n) is 10.1. The summed E-state index contributed by atoms with van der Waals surface area (Å²) in [6.45, 7) is 1.07. The van der Waals surface area contributed by atoms with E-state index in [1.54, 1.807) is 4.90 Å². The van der Waals surface area contributed by atoms with Crippen LogP contribution in [0.15, 0.2) is 60.0 Å². The van der Waals surface area contributed by atoms with Gasteiger partial charge in [0.1, 0.15) is 11.6 Å². The Morgan fingerprint density at radius 3 is 2.74 bits per heavy atom. The lowest BCUT2D eigenvalue weighted by Gasteiger charge is -2.31. The Labute approximate surface area is 189 Å². The number of hydrogen-bond acceptors (Lipinski definition) is 5. The zero-order valence-corrected chi connectivity index (χ0v) is 18.4. The van der Waals surface area contributed by atoms with Crippen LogP contribution in [0.5, 0.6) is 0 Å². The Morgan fingerprint density at radius 1 is 1.16 bits per heavy atom. The molecule has 160 valence electrons. The van der Waals surface area contributed by atoms with Crippen LogP contribution in [0.1, 0.15) is 18.5 Å². The molecule has 1 aromatic heterocycles. The van der Waals surface area contributed by atoms with E-state index in [4.69, 9.17) is 16.3 Å². The molecule has 1 saturated heterocycles. The molecule has 3 aromatic rings. The second-order valence-corrected chi connectivity index (χ2v) is 8.58. The van der Waals surface area contributed by atoms with Gasteiger partial charge in [-0.2, -0.15) is 0 Å². The molecule has 1 aliphatic heterocycles. The lowest BCUT2D eigenvalue weighted by molar-refractivity contribution is -0.151. The second-order valence-electron chi connectivity index (χ2n) is 7.31. The van der Waals surface area contributed by atoms with Gasteiger partial charge in [-0.15, -0.1) is 11.3 Å². The van der Waals surface area contributed by atoms with E-state index >= 15 is 0 Å². The lowest BCUT2D eigenvalue weighted by Crippen LogP contribution is -2.44. The number of aromatic nitrogens is 1. The van der Waals surface area contributed by atoms with Crippen LogP contribution in [0.25, 0.3) is 10.6 Å². The van der Waals surface area contributed by atoms with Gasteiger partial charge in [-0.1, -0.05) is 48.0 Å². The Morgan fingerprint density at radius 2 is 1.94 bits per heavy atom. The molecule has 1 N–H and O–H groups in total. The van der Waals surface area contributed by atoms with Gasteiger partial charge in [-0.3, -0.25) is 4.79 Å². The lowest BCUT2D eigenvalue weighted by atomic mass is 9.98. The van der Waals surface area contributed by atoms with Crippen molar-refractivity contribution in [2.24, 2.45) is 5.92 Å². The van der Waals surface area contributed by atoms with Gasteiger partial charge in [0, 0.05) is 29.7 Å². The molecular weight excluding hydrogens is 434 g/mol. The topological polar surface area (TPSA) is 71.5 Å². The van der Waals surface area contributed by atoms with Crippen molar-refractivity contribution in [3.63, 3.8) is 0 Å². The molecule has 0 saturated carbocycles. The number of benzene rings is 2. The number of thiazole rings is 1. The SMILES string of the molecule is O=C(OCc1csc(-c2ccccc2Cl)n1)C1CCCN(C(=O)Nc2ccccc2)C1. The number of halogens is 1. The highest BCUT2D eigenvalue weighted by molar-refractivity contribution is 7.13. The third-order valence-electron chi connectivity index (χ3n) is 5.09. The Hall–Kier alpha value is -2.90. The first-order chi connectivity index (χ1) is 15.1. The highest BCUT2D eigenvalue weighted by atomic mass is 35.5. The summed E-state index contributed by atoms with van der Waals surface area (Å²) >= 11 is 7.69. The number of carbonyl (C=O) groups is 2. The Bertz CT molecular complexity index is 1060. The van der Waals surface area contributed by atoms with E-state index in [0.717, 1.165) is 22.7 Å². The van der Waals surface area contributed by atoms with E-state index in [0.29, 0.717) is 30.2 Å². The maximum absolute atomic E-state index is 12.6. The molecule has 4 rings (SSSR count). The number of nitrogens with zero attached hydrogens (tertiary/aromatic N) is 2. The summed E-state index contributed by atoms with van der Waals surface area (Å²) in [5.41, 5.74) is 2.27. The van der Waals surface area contributed by atoms with Crippen LogP contribution in [0.4, 0.5) is 10.5 Å². The third-order valence-corrected chi connectivity index (χ3v) is 6.34. The summed E-state index contributed by atoms with van der Waals surface area (Å²) in [5.74, 6) is -0.638. The number of esters is 1. The molecule has 0 radical (unpaired) electrons. The second kappa shape index (κ2) is 9.94. The van der Waals surface area contributed by atoms with Crippen molar-refractivity contribution in [3.05, 3.63) is 70.7 Å². The Kier molecular flexibility index (Phi) is 6.84. The zero-order chi connectivity index (χ0) is 21.6. The number of piperidine rings is 1. The summed E-state index contributed by atoms with van der Waals surface area (Å²) < 4.78 is 5.51. The summed E-state index contributed by atoms with van der Waals surface area (Å²) in [6, 6.07) is 16.6. The minimum absolute atomic E-state index is 0.104. The summed E-state index contributed by atoms with van der Waals surface area (Å²) in [7, 11) is 0. The van der Waals surface area contributed by atoms with Gasteiger partial charge >= 0.3 is 12.0 Å². The standard InChI is InChI=1S/C23H22ClN3O3S/c24-20-11-5-4-10-19(20)21-25-18(15-31-21)14-30-22(28)16-7-6-12-27(13-16)23(29)26-17-8-2-1-3-9-17/h1-5,8-11,15-16H,6-7,12-14H2,(H,26,29). The number of anilines is 1. The van der Waals surface area contributed by atoms with E-state index in [2.05, 4.69) is 10.3 Å². The maximum atomic E-state index is 12.6. The van der Waals surface area contributed by atoms with E-state index in [1.807, 2.05) is 60.0 Å². The molecule has 1 unspecified atom stereocenters. The Balaban J connectivity index is 1.31. The van der Waals surface area contributed by atoms with Gasteiger partial charge < -0.3 is 15.0 Å². The van der Waals surface area contributed by atoms with Crippen LogP contribution in [-0.2, 0) is 16.1 Å². The third kappa shape index (κ3) is 5.42. The number of amides is 2. The molecule has 1 aliphatic rings. The van der Waals surface area contributed by atoms with E-state index < -0.39 is 0 Å². The molecule has 2 heterocycles. The van der Waals surface area contributed by atoms with Crippen molar-refractivity contribution in [3.8, 4) is 10.6 Å². The molecule has 0 bridgehead atoms. The zero-order valence-electron chi connectivity index (χ0n) is 16.8. The summed E-state index contributed by atoms with van der Waals surface area (Å²) in [4.78, 5) is 31.3. The fraction of sp³-hybridized carbons (Fsp3) is 0.261. The summed E-state index contributed by atoms with van der Waals surface area (Å²) in [6.07, 6.45) is 1.46. The van der Waals surface area contributed by atoms with Gasteiger partial charge in [0.15, 0.2) is 0 Å². The summed E-state index contributed by atoms with van der Waals surface area (Å²) in [5, 5.41) is 6.16. The van der Waals surface area contributed by atoms with Gasteiger partial charge in [0.2, 0.25) is 0 Å². The van der Waals surface area contributed by atoms with E-state index in [-0.39, 0.29) is 24.5 Å². The fourth-order valence-corrected chi connectivity index (χ4v) is 4.60. The van der Waals surface area contributed by atoms with Crippen molar-refractivity contribution in [2.75, 3.05) is 18.4 Å². The molecule has 8 heteroatoms. The molecule has 6 nitrogen and oxygen atoms in total. The van der Waals surface area contributed by atoms with Gasteiger partial charge in [0.05, 0.1) is 16.6 Å². The predicted octanol–water partition coefficient (Wildman–Crippen LogP) is 5.45. The number of hydrogen-bond donors (Lipinski definition) is 1. The minimum Gasteiger partial charge on any atom is -0.459 e. The number of likely N-dealkylation sites (tertiary alicyclic amines) is 1. The molecule has 1 fully saturated rings. The highest BCUT2D eigenvalue weighted by Crippen LogP contribution is 2.30. The maximum Gasteiger partial charge on any atom is 0.321 e. The number of urea groups is 1. The average Bonchev–Trinajstić information content (AvgIpc) is 3.27. The molecular formula is C23H22ClN3O3S. The van der Waals surface area contributed by atoms with Gasteiger partial charge in [-0.25, -0.2) is 9.78 Å². The largest absolute Gasteiger partial charge is 0.459 e. The van der Waals surface area contributed by atoms with Crippen LogP contribution in [-0.4, -0.2) is 35.0 Å². The fourth-order valence-electron chi connectivity index (χ4n) is 3.47. The number of carbonyl (C=O) groups excluding carboxylic acids is 2. The normalized spacial score (nSPS) is 16.0. The number of ether oxygens (including phenoxy) is 1. The van der Waals surface area contributed by atoms with Gasteiger partial charge in [0.25, 0.3) is 0 Å². The van der Waals surface area contributed by atoms with Crippen LogP contribution in [0.3, 0.4) is 0 Å². The number of rotatable bonds is 5. The molecule has 2 amide bonds. The number of nitrogens with one attached hydrogen (secondary N) is 1. The van der Waals surface area contributed by atoms with Crippen molar-refractivity contribution in [1.82, 2.24) is 9.88 Å². The van der Waals surface area contributed by atoms with Crippen molar-refractivity contribution < 1.29 is 14.3 Å². The van der Waals surface area contributed by atoms with Crippen molar-refractivity contribution in [1.29, 1.82) is 0 Å². The molecule has 31 heavy (non-hydrogen) atoms. The van der Waals surface area contributed by atoms with Crippen LogP contribution in [0.2, 0.25) is 5.02 Å². The van der Waals surface area contributed by atoms with Crippen LogP contribution >= 0.6 is 22.9 Å². The van der Waals surface area contributed by atoms with Gasteiger partial charge in [-0.05, 0) is 31.0 Å². The van der Waals surface area contributed by atoms with Crippen LogP contribution in [0, 0.1) is 5.92 Å². The highest BCUT2D eigenvalue weighted by Gasteiger charge is 2.29. The average molecular weight is 456 g/mol. The molecule has 0 spiro atoms. The first-order valence-corrected chi connectivity index (χ1v) is 11.3. The minimum atomic E-state index is -0.336. The number of para-hydroxylation sites is 1. The monoisotopic (exact) mass is 455 g/mol. The first kappa shape index (κ1) is 21.3. The van der Waals surface area contributed by atoms with Crippen molar-refractivity contribution in [2.45, 2.75) is 19.4 Å². The molecule has 0 aliphatic carbocycles. The van der Waals surface area contributed by atoms with E-state index in [9.17, 15) is 9.59 Å².